The number of nitriles is 1. The van der Waals surface area contributed by atoms with Crippen molar-refractivity contribution in [2.75, 3.05) is 6.54 Å². The third-order valence-corrected chi connectivity index (χ3v) is 7.16. The van der Waals surface area contributed by atoms with Crippen LogP contribution in [0, 0.1) is 11.3 Å². The molecule has 5 heteroatoms. The predicted molar refractivity (Wildman–Crippen MR) is 127 cm³/mol. The molecule has 0 fully saturated rings. The highest BCUT2D eigenvalue weighted by molar-refractivity contribution is 5.86. The molecule has 2 aliphatic rings. The summed E-state index contributed by atoms with van der Waals surface area (Å²) in [5.41, 5.74) is 8.18. The fraction of sp³-hybridized carbons (Fsp3) is 0.250. The molecule has 0 saturated heterocycles. The van der Waals surface area contributed by atoms with Crippen molar-refractivity contribution in [2.24, 2.45) is 0 Å². The van der Waals surface area contributed by atoms with Crippen LogP contribution in [0.1, 0.15) is 39.6 Å². The third-order valence-electron chi connectivity index (χ3n) is 7.16. The van der Waals surface area contributed by atoms with E-state index in [1.807, 2.05) is 30.3 Å². The van der Waals surface area contributed by atoms with E-state index in [4.69, 9.17) is 10.00 Å². The summed E-state index contributed by atoms with van der Waals surface area (Å²) in [5, 5.41) is 20.3. The Morgan fingerprint density at radius 3 is 2.73 bits per heavy atom. The zero-order chi connectivity index (χ0) is 22.4. The van der Waals surface area contributed by atoms with Crippen LogP contribution in [0.15, 0.2) is 66.7 Å². The van der Waals surface area contributed by atoms with Crippen molar-refractivity contribution in [3.63, 3.8) is 0 Å². The number of aliphatic hydroxyl groups is 1. The number of hydrogen-bond acceptors (Lipinski definition) is 4. The fourth-order valence-electron chi connectivity index (χ4n) is 5.47. The quantitative estimate of drug-likeness (QED) is 0.505. The molecule has 0 amide bonds. The molecule has 3 aromatic carbocycles. The summed E-state index contributed by atoms with van der Waals surface area (Å²) in [5.74, 6) is 0.878. The number of fused-ring (bicyclic) bond motifs is 6. The number of rotatable bonds is 4. The van der Waals surface area contributed by atoms with Gasteiger partial charge in [-0.15, -0.1) is 0 Å². The first-order chi connectivity index (χ1) is 16.2. The van der Waals surface area contributed by atoms with E-state index in [-0.39, 0.29) is 6.73 Å². The zero-order valence-electron chi connectivity index (χ0n) is 18.4. The molecule has 1 unspecified atom stereocenters. The van der Waals surface area contributed by atoms with Crippen molar-refractivity contribution in [1.82, 2.24) is 9.47 Å². The van der Waals surface area contributed by atoms with Gasteiger partial charge in [-0.2, -0.15) is 5.26 Å². The predicted octanol–water partition coefficient (Wildman–Crippen LogP) is 4.70. The topological polar surface area (TPSA) is 61.4 Å². The van der Waals surface area contributed by atoms with Gasteiger partial charge < -0.3 is 14.4 Å². The maximum absolute atomic E-state index is 10.1. The van der Waals surface area contributed by atoms with E-state index in [1.165, 1.54) is 27.8 Å². The number of hydrogen-bond donors (Lipinski definition) is 1. The fourth-order valence-corrected chi connectivity index (χ4v) is 5.47. The molecule has 0 saturated carbocycles. The summed E-state index contributed by atoms with van der Waals surface area (Å²) in [6.07, 6.45) is 1.96. The molecule has 0 bridgehead atoms. The number of aromatic nitrogens is 1. The van der Waals surface area contributed by atoms with Crippen LogP contribution >= 0.6 is 0 Å². The Bertz CT molecular complexity index is 1380. The average molecular weight is 436 g/mol. The molecule has 1 N–H and O–H groups in total. The number of benzene rings is 3. The molecule has 164 valence electrons. The molecule has 5 nitrogen and oxygen atoms in total. The summed E-state index contributed by atoms with van der Waals surface area (Å²) in [6.45, 7) is 2.37. The van der Waals surface area contributed by atoms with Gasteiger partial charge in [-0.1, -0.05) is 36.4 Å². The number of nitrogens with zero attached hydrogens (tertiary/aromatic N) is 3. The normalized spacial score (nSPS) is 17.2. The van der Waals surface area contributed by atoms with E-state index < -0.39 is 0 Å². The Morgan fingerprint density at radius 2 is 1.91 bits per heavy atom. The summed E-state index contributed by atoms with van der Waals surface area (Å²) in [6, 6.07) is 24.9. The molecule has 33 heavy (non-hydrogen) atoms. The second-order valence-corrected chi connectivity index (χ2v) is 8.91. The van der Waals surface area contributed by atoms with E-state index in [9.17, 15) is 5.11 Å². The molecular weight excluding hydrogens is 410 g/mol. The van der Waals surface area contributed by atoms with Crippen molar-refractivity contribution in [3.05, 3.63) is 100 Å². The lowest BCUT2D eigenvalue weighted by atomic mass is 9.85. The van der Waals surface area contributed by atoms with Crippen molar-refractivity contribution >= 4 is 10.9 Å². The van der Waals surface area contributed by atoms with Crippen LogP contribution in [0.4, 0.5) is 0 Å². The highest BCUT2D eigenvalue weighted by atomic mass is 16.5. The van der Waals surface area contributed by atoms with Crippen LogP contribution in [-0.4, -0.2) is 21.1 Å². The lowest BCUT2D eigenvalue weighted by Crippen LogP contribution is -2.39. The minimum atomic E-state index is 0.0122. The zero-order valence-corrected chi connectivity index (χ0v) is 18.4. The van der Waals surface area contributed by atoms with Gasteiger partial charge in [0.05, 0.1) is 17.1 Å². The van der Waals surface area contributed by atoms with Crippen LogP contribution in [0.3, 0.4) is 0 Å². The van der Waals surface area contributed by atoms with Crippen molar-refractivity contribution in [3.8, 4) is 11.8 Å². The molecule has 4 aromatic rings. The lowest BCUT2D eigenvalue weighted by molar-refractivity contribution is 0.145. The van der Waals surface area contributed by atoms with Crippen molar-refractivity contribution < 1.29 is 9.84 Å². The Hall–Kier alpha value is -3.59. The van der Waals surface area contributed by atoms with Crippen molar-refractivity contribution in [1.29, 1.82) is 5.26 Å². The number of aliphatic hydroxyl groups excluding tert-OH is 1. The Kier molecular flexibility index (Phi) is 4.91. The van der Waals surface area contributed by atoms with Gasteiger partial charge in [-0.05, 0) is 65.4 Å². The Morgan fingerprint density at radius 1 is 1.06 bits per heavy atom. The van der Waals surface area contributed by atoms with E-state index in [1.54, 1.807) is 0 Å². The number of para-hydroxylation sites is 1. The molecule has 0 aliphatic carbocycles. The van der Waals surface area contributed by atoms with Gasteiger partial charge in [0, 0.05) is 30.2 Å². The minimum Gasteiger partial charge on any atom is -0.489 e. The molecule has 3 heterocycles. The highest BCUT2D eigenvalue weighted by Crippen LogP contribution is 2.42. The van der Waals surface area contributed by atoms with E-state index >= 15 is 0 Å². The van der Waals surface area contributed by atoms with E-state index in [0.29, 0.717) is 18.2 Å². The van der Waals surface area contributed by atoms with E-state index in [2.05, 4.69) is 51.9 Å². The van der Waals surface area contributed by atoms with E-state index in [0.717, 1.165) is 42.8 Å². The van der Waals surface area contributed by atoms with Gasteiger partial charge in [0.1, 0.15) is 19.1 Å². The molecule has 1 aromatic heterocycles. The van der Waals surface area contributed by atoms with Gasteiger partial charge in [0.15, 0.2) is 0 Å². The Labute approximate surface area is 193 Å². The molecule has 1 atom stereocenters. The maximum Gasteiger partial charge on any atom is 0.120 e. The van der Waals surface area contributed by atoms with Crippen LogP contribution in [0.2, 0.25) is 0 Å². The molecule has 2 aliphatic heterocycles. The first-order valence-corrected chi connectivity index (χ1v) is 11.4. The number of ether oxygens (including phenoxy) is 1. The monoisotopic (exact) mass is 435 g/mol. The summed E-state index contributed by atoms with van der Waals surface area (Å²) >= 11 is 0. The highest BCUT2D eigenvalue weighted by Gasteiger charge is 2.35. The van der Waals surface area contributed by atoms with Gasteiger partial charge >= 0.3 is 0 Å². The summed E-state index contributed by atoms with van der Waals surface area (Å²) in [4.78, 5) is 2.54. The molecule has 6 rings (SSSR count). The average Bonchev–Trinajstić information content (AvgIpc) is 3.19. The smallest absolute Gasteiger partial charge is 0.120 e. The Balaban J connectivity index is 1.30. The van der Waals surface area contributed by atoms with Crippen LogP contribution in [0.5, 0.6) is 5.75 Å². The second kappa shape index (κ2) is 8.08. The van der Waals surface area contributed by atoms with Gasteiger partial charge in [0.2, 0.25) is 0 Å². The molecule has 0 radical (unpaired) electrons. The van der Waals surface area contributed by atoms with Gasteiger partial charge in [-0.25, -0.2) is 0 Å². The largest absolute Gasteiger partial charge is 0.489 e. The molecule has 0 spiro atoms. The maximum atomic E-state index is 10.1. The minimum absolute atomic E-state index is 0.0122. The lowest BCUT2D eigenvalue weighted by Gasteiger charge is -2.41. The first kappa shape index (κ1) is 20.0. The first-order valence-electron chi connectivity index (χ1n) is 11.4. The van der Waals surface area contributed by atoms with Gasteiger partial charge in [-0.3, -0.25) is 4.90 Å². The van der Waals surface area contributed by atoms with Crippen LogP contribution in [-0.2, 0) is 32.7 Å². The summed E-state index contributed by atoms with van der Waals surface area (Å²) in [7, 11) is 0. The van der Waals surface area contributed by atoms with Gasteiger partial charge in [0.25, 0.3) is 0 Å². The second-order valence-electron chi connectivity index (χ2n) is 8.91. The standard InChI is InChI=1S/C28H25N3O2/c29-15-19-5-7-20(8-6-19)17-33-22-10-9-21-11-12-30-16-28-25(14-27(30)24(21)13-22)23-3-1-2-4-26(23)31(28)18-32/h1-10,13,27,32H,11-12,14,16-18H2. The summed E-state index contributed by atoms with van der Waals surface area (Å²) < 4.78 is 8.20. The third kappa shape index (κ3) is 3.39. The van der Waals surface area contributed by atoms with Crippen molar-refractivity contribution in [2.45, 2.75) is 38.8 Å². The molecular formula is C28H25N3O2. The van der Waals surface area contributed by atoms with Crippen LogP contribution < -0.4 is 4.74 Å². The SMILES string of the molecule is N#Cc1ccc(COc2ccc3c(c2)C2Cc4c(n(CO)c5ccccc45)CN2CC3)cc1. The van der Waals surface area contributed by atoms with Crippen LogP contribution in [0.25, 0.3) is 10.9 Å².